The number of carbonyl (C=O) groups excluding carboxylic acids is 1. The van der Waals surface area contributed by atoms with E-state index < -0.39 is 0 Å². The highest BCUT2D eigenvalue weighted by Gasteiger charge is 2.16. The molecule has 1 aromatic heterocycles. The number of hydrogen-bond donors (Lipinski definition) is 1. The van der Waals surface area contributed by atoms with Gasteiger partial charge in [0.05, 0.1) is 11.9 Å². The first-order valence-electron chi connectivity index (χ1n) is 7.16. The first-order chi connectivity index (χ1) is 10.6. The average molecular weight is 320 g/mol. The average Bonchev–Trinajstić information content (AvgIpc) is 2.91. The second-order valence-corrected chi connectivity index (χ2v) is 6.14. The molecule has 1 heterocycles. The number of ether oxygens (including phenoxy) is 1. The fourth-order valence-electron chi connectivity index (χ4n) is 1.86. The van der Waals surface area contributed by atoms with Crippen LogP contribution < -0.4 is 10.1 Å². The number of anilines is 1. The predicted octanol–water partition coefficient (Wildman–Crippen LogP) is 3.64. The van der Waals surface area contributed by atoms with Crippen molar-refractivity contribution in [3.05, 3.63) is 41.7 Å². The van der Waals surface area contributed by atoms with Crippen LogP contribution in [-0.4, -0.2) is 22.9 Å². The van der Waals surface area contributed by atoms with E-state index in [1.54, 1.807) is 24.8 Å². The number of amides is 1. The third-order valence-electron chi connectivity index (χ3n) is 3.01. The monoisotopic (exact) mass is 320 g/mol. The predicted molar refractivity (Wildman–Crippen MR) is 88.2 cm³/mol. The van der Waals surface area contributed by atoms with Gasteiger partial charge in [-0.05, 0) is 26.8 Å². The zero-order valence-corrected chi connectivity index (χ0v) is 13.8. The van der Waals surface area contributed by atoms with Crippen molar-refractivity contribution >= 4 is 23.5 Å². The summed E-state index contributed by atoms with van der Waals surface area (Å²) in [5, 5.41) is 6.30. The lowest BCUT2D eigenvalue weighted by Gasteiger charge is -2.13. The summed E-state index contributed by atoms with van der Waals surface area (Å²) in [6, 6.07) is 9.58. The molecule has 1 unspecified atom stereocenters. The van der Waals surface area contributed by atoms with E-state index in [0.29, 0.717) is 23.9 Å². The summed E-state index contributed by atoms with van der Waals surface area (Å²) < 4.78 is 10.5. The van der Waals surface area contributed by atoms with Crippen molar-refractivity contribution in [3.63, 3.8) is 0 Å². The lowest BCUT2D eigenvalue weighted by Crippen LogP contribution is -2.22. The summed E-state index contributed by atoms with van der Waals surface area (Å²) in [5.41, 5.74) is 1.09. The Bertz CT molecular complexity index is 627. The van der Waals surface area contributed by atoms with E-state index in [9.17, 15) is 4.79 Å². The highest BCUT2D eigenvalue weighted by Crippen LogP contribution is 2.26. The summed E-state index contributed by atoms with van der Waals surface area (Å²) in [5.74, 6) is 2.61. The van der Waals surface area contributed by atoms with Crippen LogP contribution in [0.5, 0.6) is 5.75 Å². The molecule has 5 nitrogen and oxygen atoms in total. The Labute approximate surface area is 134 Å². The number of rotatable bonds is 7. The minimum Gasteiger partial charge on any atom is -0.494 e. The number of aromatic nitrogens is 1. The number of para-hydroxylation sites is 1. The van der Waals surface area contributed by atoms with Gasteiger partial charge in [-0.1, -0.05) is 23.4 Å². The van der Waals surface area contributed by atoms with Gasteiger partial charge in [-0.2, -0.15) is 0 Å². The SMILES string of the molecule is CCOc1ccccc1CSC(C)C(=O)Nc1cc(C)on1. The van der Waals surface area contributed by atoms with E-state index in [2.05, 4.69) is 10.5 Å². The molecule has 22 heavy (non-hydrogen) atoms. The van der Waals surface area contributed by atoms with Crippen LogP contribution in [0.25, 0.3) is 0 Å². The number of nitrogens with zero attached hydrogens (tertiary/aromatic N) is 1. The van der Waals surface area contributed by atoms with Gasteiger partial charge in [0.2, 0.25) is 5.91 Å². The normalized spacial score (nSPS) is 12.0. The Kier molecular flexibility index (Phi) is 5.89. The molecule has 1 N–H and O–H groups in total. The maximum atomic E-state index is 12.1. The molecule has 118 valence electrons. The largest absolute Gasteiger partial charge is 0.494 e. The van der Waals surface area contributed by atoms with Gasteiger partial charge in [-0.3, -0.25) is 4.79 Å². The fraction of sp³-hybridized carbons (Fsp3) is 0.375. The van der Waals surface area contributed by atoms with Crippen LogP contribution in [0, 0.1) is 6.92 Å². The molecule has 0 saturated carbocycles. The fourth-order valence-corrected chi connectivity index (χ4v) is 2.74. The Hall–Kier alpha value is -1.95. The van der Waals surface area contributed by atoms with E-state index in [0.717, 1.165) is 11.3 Å². The maximum absolute atomic E-state index is 12.1. The standard InChI is InChI=1S/C16H20N2O3S/c1-4-20-14-8-6-5-7-13(14)10-22-12(3)16(19)17-15-9-11(2)21-18-15/h5-9,12H,4,10H2,1-3H3,(H,17,18,19). The lowest BCUT2D eigenvalue weighted by atomic mass is 10.2. The van der Waals surface area contributed by atoms with Crippen molar-refractivity contribution in [1.82, 2.24) is 5.16 Å². The summed E-state index contributed by atoms with van der Waals surface area (Å²) in [4.78, 5) is 12.1. The van der Waals surface area contributed by atoms with Crippen molar-refractivity contribution in [2.24, 2.45) is 0 Å². The molecule has 0 spiro atoms. The molecule has 0 radical (unpaired) electrons. The lowest BCUT2D eigenvalue weighted by molar-refractivity contribution is -0.115. The van der Waals surface area contributed by atoms with Gasteiger partial charge in [0.15, 0.2) is 5.82 Å². The minimum atomic E-state index is -0.202. The van der Waals surface area contributed by atoms with Gasteiger partial charge in [0.1, 0.15) is 11.5 Å². The molecular formula is C16H20N2O3S. The van der Waals surface area contributed by atoms with Crippen molar-refractivity contribution in [2.45, 2.75) is 31.8 Å². The minimum absolute atomic E-state index is 0.0906. The molecule has 1 amide bonds. The zero-order chi connectivity index (χ0) is 15.9. The number of thioether (sulfide) groups is 1. The highest BCUT2D eigenvalue weighted by molar-refractivity contribution is 7.99. The maximum Gasteiger partial charge on any atom is 0.238 e. The van der Waals surface area contributed by atoms with Crippen LogP contribution in [0.15, 0.2) is 34.9 Å². The van der Waals surface area contributed by atoms with E-state index >= 15 is 0 Å². The summed E-state index contributed by atoms with van der Waals surface area (Å²) in [7, 11) is 0. The number of nitrogens with one attached hydrogen (secondary N) is 1. The third kappa shape index (κ3) is 4.53. The summed E-state index contributed by atoms with van der Waals surface area (Å²) >= 11 is 1.55. The van der Waals surface area contributed by atoms with Crippen molar-refractivity contribution in [2.75, 3.05) is 11.9 Å². The Morgan fingerprint density at radius 1 is 1.45 bits per heavy atom. The molecular weight excluding hydrogens is 300 g/mol. The molecule has 0 aliphatic heterocycles. The van der Waals surface area contributed by atoms with Gasteiger partial charge in [-0.25, -0.2) is 0 Å². The third-order valence-corrected chi connectivity index (χ3v) is 4.20. The number of benzene rings is 1. The molecule has 6 heteroatoms. The second-order valence-electron chi connectivity index (χ2n) is 4.81. The molecule has 1 atom stereocenters. The van der Waals surface area contributed by atoms with E-state index in [-0.39, 0.29) is 11.2 Å². The van der Waals surface area contributed by atoms with Crippen molar-refractivity contribution < 1.29 is 14.1 Å². The Morgan fingerprint density at radius 2 is 2.23 bits per heavy atom. The summed E-state index contributed by atoms with van der Waals surface area (Å²) in [6.45, 7) is 6.24. The Morgan fingerprint density at radius 3 is 2.91 bits per heavy atom. The van der Waals surface area contributed by atoms with E-state index in [1.807, 2.05) is 38.1 Å². The van der Waals surface area contributed by atoms with Crippen LogP contribution >= 0.6 is 11.8 Å². The molecule has 1 aromatic carbocycles. The molecule has 0 bridgehead atoms. The summed E-state index contributed by atoms with van der Waals surface area (Å²) in [6.07, 6.45) is 0. The Balaban J connectivity index is 1.89. The first kappa shape index (κ1) is 16.4. The van der Waals surface area contributed by atoms with Crippen molar-refractivity contribution in [3.8, 4) is 5.75 Å². The van der Waals surface area contributed by atoms with Crippen LogP contribution in [0.4, 0.5) is 5.82 Å². The molecule has 0 saturated heterocycles. The first-order valence-corrected chi connectivity index (χ1v) is 8.21. The molecule has 0 fully saturated rings. The van der Waals surface area contributed by atoms with Crippen LogP contribution in [0.1, 0.15) is 25.2 Å². The van der Waals surface area contributed by atoms with Gasteiger partial charge in [-0.15, -0.1) is 11.8 Å². The van der Waals surface area contributed by atoms with E-state index in [1.165, 1.54) is 0 Å². The quantitative estimate of drug-likeness (QED) is 0.843. The number of aryl methyl sites for hydroxylation is 1. The molecule has 0 aliphatic carbocycles. The second kappa shape index (κ2) is 7.89. The topological polar surface area (TPSA) is 64.4 Å². The van der Waals surface area contributed by atoms with Gasteiger partial charge in [0, 0.05) is 17.4 Å². The number of hydrogen-bond acceptors (Lipinski definition) is 5. The molecule has 0 aliphatic rings. The highest BCUT2D eigenvalue weighted by atomic mass is 32.2. The molecule has 2 rings (SSSR count). The van der Waals surface area contributed by atoms with E-state index in [4.69, 9.17) is 9.26 Å². The van der Waals surface area contributed by atoms with Gasteiger partial charge >= 0.3 is 0 Å². The number of carbonyl (C=O) groups is 1. The smallest absolute Gasteiger partial charge is 0.238 e. The van der Waals surface area contributed by atoms with Gasteiger partial charge < -0.3 is 14.6 Å². The van der Waals surface area contributed by atoms with Crippen LogP contribution in [-0.2, 0) is 10.5 Å². The van der Waals surface area contributed by atoms with Crippen LogP contribution in [0.3, 0.4) is 0 Å². The molecule has 2 aromatic rings. The van der Waals surface area contributed by atoms with Gasteiger partial charge in [0.25, 0.3) is 0 Å². The van der Waals surface area contributed by atoms with Crippen molar-refractivity contribution in [1.29, 1.82) is 0 Å². The van der Waals surface area contributed by atoms with Crippen LogP contribution in [0.2, 0.25) is 0 Å². The zero-order valence-electron chi connectivity index (χ0n) is 13.0.